The number of hydrogen-bond donors (Lipinski definition) is 1. The van der Waals surface area contributed by atoms with Crippen molar-refractivity contribution < 1.29 is 39.5 Å². The van der Waals surface area contributed by atoms with Crippen LogP contribution in [0.4, 0.5) is 0 Å². The number of carboxylic acid groups (broad SMARTS) is 1. The second kappa shape index (κ2) is 16.2. The molecule has 0 fully saturated rings. The molecular weight excluding hydrogens is 141 g/mol. The van der Waals surface area contributed by atoms with E-state index < -0.39 is 5.97 Å². The maximum atomic E-state index is 9.59. The molecule has 0 aromatic rings. The minimum atomic E-state index is -1.02. The van der Waals surface area contributed by atoms with Gasteiger partial charge in [-0.1, -0.05) is 13.8 Å². The Morgan fingerprint density at radius 1 is 1.50 bits per heavy atom. The van der Waals surface area contributed by atoms with E-state index in [2.05, 4.69) is 0 Å². The Labute approximate surface area is 84.3 Å². The van der Waals surface area contributed by atoms with Crippen molar-refractivity contribution in [3.8, 4) is 0 Å². The average molecular weight is 155 g/mol. The molecule has 0 heterocycles. The van der Waals surface area contributed by atoms with Crippen LogP contribution in [0.25, 0.3) is 0 Å². The molecule has 3 nitrogen and oxygen atoms in total. The van der Waals surface area contributed by atoms with Gasteiger partial charge in [0.15, 0.2) is 0 Å². The summed E-state index contributed by atoms with van der Waals surface area (Å²) in [6.07, 6.45) is 0.596. The van der Waals surface area contributed by atoms with E-state index in [4.69, 9.17) is 5.73 Å². The normalized spacial score (nSPS) is 6.70. The molecule has 4 heteroatoms. The molecule has 0 rings (SSSR count). The van der Waals surface area contributed by atoms with E-state index in [1.54, 1.807) is 0 Å². The fourth-order valence-corrected chi connectivity index (χ4v) is 0.246. The van der Waals surface area contributed by atoms with Gasteiger partial charge in [0.05, 0.1) is 0 Å². The first-order valence-electron chi connectivity index (χ1n) is 3.17. The molecule has 0 saturated heterocycles. The Balaban J connectivity index is -0.000000149. The van der Waals surface area contributed by atoms with Crippen molar-refractivity contribution in [3.05, 3.63) is 0 Å². The molecule has 0 spiro atoms. The maximum absolute atomic E-state index is 9.59. The van der Waals surface area contributed by atoms with Gasteiger partial charge in [0.2, 0.25) is 0 Å². The molecule has 0 aliphatic heterocycles. The van der Waals surface area contributed by atoms with Gasteiger partial charge in [-0.3, -0.25) is 0 Å². The van der Waals surface area contributed by atoms with Crippen LogP contribution in [-0.4, -0.2) is 12.5 Å². The molecule has 0 aromatic carbocycles. The van der Waals surface area contributed by atoms with Crippen LogP contribution in [-0.2, 0) is 4.79 Å². The van der Waals surface area contributed by atoms with Crippen LogP contribution >= 0.6 is 0 Å². The monoisotopic (exact) mass is 155 g/mol. The molecule has 0 aliphatic rings. The van der Waals surface area contributed by atoms with E-state index in [-0.39, 0.29) is 36.0 Å². The molecule has 0 aliphatic carbocycles. The summed E-state index contributed by atoms with van der Waals surface area (Å²) in [5.74, 6) is -1.02. The van der Waals surface area contributed by atoms with E-state index in [0.717, 1.165) is 0 Å². The topological polar surface area (TPSA) is 66.2 Å². The summed E-state index contributed by atoms with van der Waals surface area (Å²) in [7, 11) is 0. The number of aliphatic carboxylic acids is 1. The van der Waals surface area contributed by atoms with Gasteiger partial charge in [-0.2, -0.15) is 0 Å². The Hall–Kier alpha value is 0.430. The van der Waals surface area contributed by atoms with E-state index in [0.29, 0.717) is 13.0 Å². The van der Waals surface area contributed by atoms with Gasteiger partial charge >= 0.3 is 29.6 Å². The van der Waals surface area contributed by atoms with E-state index >= 15 is 0 Å². The van der Waals surface area contributed by atoms with Crippen molar-refractivity contribution in [1.82, 2.24) is 0 Å². The zero-order valence-corrected chi connectivity index (χ0v) is 9.02. The van der Waals surface area contributed by atoms with E-state index in [1.807, 2.05) is 13.8 Å². The van der Waals surface area contributed by atoms with Gasteiger partial charge in [-0.15, -0.1) is 0 Å². The number of rotatable bonds is 3. The first kappa shape index (κ1) is 16.8. The number of hydrogen-bond acceptors (Lipinski definition) is 3. The van der Waals surface area contributed by atoms with Crippen molar-refractivity contribution in [3.63, 3.8) is 0 Å². The van der Waals surface area contributed by atoms with Gasteiger partial charge in [-0.05, 0) is 19.4 Å². The molecule has 10 heavy (non-hydrogen) atoms. The van der Waals surface area contributed by atoms with Gasteiger partial charge in [0, 0.05) is 5.97 Å². The predicted octanol–water partition coefficient (Wildman–Crippen LogP) is -3.49. The van der Waals surface area contributed by atoms with E-state index in [1.165, 1.54) is 0 Å². The molecule has 0 saturated carbocycles. The summed E-state index contributed by atoms with van der Waals surface area (Å²) in [6.45, 7) is 4.42. The van der Waals surface area contributed by atoms with Crippen LogP contribution in [0.5, 0.6) is 0 Å². The smallest absolute Gasteiger partial charge is 0.550 e. The summed E-state index contributed by atoms with van der Waals surface area (Å²) in [4.78, 5) is 9.59. The number of carboxylic acids is 1. The Morgan fingerprint density at radius 2 is 1.90 bits per heavy atom. The second-order valence-corrected chi connectivity index (χ2v) is 1.26. The minimum Gasteiger partial charge on any atom is -0.550 e. The Bertz CT molecular complexity index is 68.8. The van der Waals surface area contributed by atoms with Crippen LogP contribution in [0.2, 0.25) is 0 Å². The summed E-state index contributed by atoms with van der Waals surface area (Å²) in [5, 5.41) is 9.59. The Morgan fingerprint density at radius 3 is 2.00 bits per heavy atom. The van der Waals surface area contributed by atoms with Crippen LogP contribution in [0.15, 0.2) is 0 Å². The van der Waals surface area contributed by atoms with Crippen LogP contribution < -0.4 is 40.4 Å². The number of carbonyl (C=O) groups excluding carboxylic acids is 1. The zero-order chi connectivity index (χ0) is 7.70. The molecule has 0 amide bonds. The van der Waals surface area contributed by atoms with Gasteiger partial charge in [0.25, 0.3) is 0 Å². The largest absolute Gasteiger partial charge is 1.00 e. The van der Waals surface area contributed by atoms with E-state index in [9.17, 15) is 9.90 Å². The summed E-state index contributed by atoms with van der Waals surface area (Å²) < 4.78 is 0. The molecule has 0 bridgehead atoms. The molecule has 0 unspecified atom stereocenters. The first-order chi connectivity index (χ1) is 4.27. The third-order valence-corrected chi connectivity index (χ3v) is 0.585. The van der Waals surface area contributed by atoms with Gasteiger partial charge in [0.1, 0.15) is 0 Å². The number of carbonyl (C=O) groups is 1. The van der Waals surface area contributed by atoms with Crippen LogP contribution in [0.1, 0.15) is 26.7 Å². The number of nitrogens with two attached hydrogens (primary N) is 1. The molecular formula is C6H14NNaO2. The van der Waals surface area contributed by atoms with Crippen LogP contribution in [0, 0.1) is 0 Å². The molecule has 0 aromatic heterocycles. The Kier molecular flexibility index (Phi) is 27.2. The quantitative estimate of drug-likeness (QED) is 0.430. The second-order valence-electron chi connectivity index (χ2n) is 1.26. The maximum Gasteiger partial charge on any atom is 1.00 e. The standard InChI is InChI=1S/C4H9NO2.C2H6.Na/c5-3-1-2-4(6)7;1-2;/h1-3,5H2,(H,6,7);1-2H3;/q;;+1/p-1. The van der Waals surface area contributed by atoms with Gasteiger partial charge in [-0.25, -0.2) is 0 Å². The SMILES string of the molecule is CC.NCCCC(=O)[O-].[Na+]. The first-order valence-corrected chi connectivity index (χ1v) is 3.17. The van der Waals surface area contributed by atoms with Crippen molar-refractivity contribution in [1.29, 1.82) is 0 Å². The molecule has 0 radical (unpaired) electrons. The third-order valence-electron chi connectivity index (χ3n) is 0.585. The fraction of sp³-hybridized carbons (Fsp3) is 0.833. The van der Waals surface area contributed by atoms with Crippen molar-refractivity contribution in [2.45, 2.75) is 26.7 Å². The minimum absolute atomic E-state index is 0. The van der Waals surface area contributed by atoms with Crippen molar-refractivity contribution in [2.24, 2.45) is 5.73 Å². The molecule has 56 valence electrons. The summed E-state index contributed by atoms with van der Waals surface area (Å²) >= 11 is 0. The average Bonchev–Trinajstić information content (AvgIpc) is 1.88. The third kappa shape index (κ3) is 23.7. The van der Waals surface area contributed by atoms with Gasteiger partial charge < -0.3 is 15.6 Å². The van der Waals surface area contributed by atoms with Crippen LogP contribution in [0.3, 0.4) is 0 Å². The summed E-state index contributed by atoms with van der Waals surface area (Å²) in [6, 6.07) is 0. The predicted molar refractivity (Wildman–Crippen MR) is 34.6 cm³/mol. The molecule has 2 N–H and O–H groups in total. The van der Waals surface area contributed by atoms with Crippen molar-refractivity contribution >= 4 is 5.97 Å². The zero-order valence-electron chi connectivity index (χ0n) is 7.02. The molecule has 0 atom stereocenters. The summed E-state index contributed by atoms with van der Waals surface area (Å²) in [5.41, 5.74) is 4.99. The van der Waals surface area contributed by atoms with Crippen molar-refractivity contribution in [2.75, 3.05) is 6.54 Å². The fourth-order valence-electron chi connectivity index (χ4n) is 0.246.